The second-order valence-corrected chi connectivity index (χ2v) is 3.50. The van der Waals surface area contributed by atoms with Crippen LogP contribution < -0.4 is 10.6 Å². The highest BCUT2D eigenvalue weighted by Crippen LogP contribution is 2.01. The molecule has 0 unspecified atom stereocenters. The lowest BCUT2D eigenvalue weighted by atomic mass is 10.2. The van der Waals surface area contributed by atoms with Crippen LogP contribution in [0, 0.1) is 0 Å². The molecule has 2 amide bonds. The molecule has 1 fully saturated rings. The quantitative estimate of drug-likeness (QED) is 0.820. The Bertz CT molecular complexity index is 407. The van der Waals surface area contributed by atoms with E-state index in [1.807, 2.05) is 30.3 Å². The number of cyclic esters (lactones) is 1. The van der Waals surface area contributed by atoms with Crippen molar-refractivity contribution in [3.8, 4) is 0 Å². The molecule has 1 heterocycles. The Hall–Kier alpha value is -2.24. The fraction of sp³-hybridized carbons (Fsp3) is 0.273. The summed E-state index contributed by atoms with van der Waals surface area (Å²) >= 11 is 0. The van der Waals surface area contributed by atoms with Gasteiger partial charge in [-0.2, -0.15) is 0 Å². The molecule has 6 heteroatoms. The summed E-state index contributed by atoms with van der Waals surface area (Å²) < 4.78 is 9.58. The first-order chi connectivity index (χ1) is 8.24. The number of rotatable bonds is 3. The normalized spacial score (nSPS) is 18.1. The second-order valence-electron chi connectivity index (χ2n) is 3.50. The van der Waals surface area contributed by atoms with Crippen LogP contribution >= 0.6 is 0 Å². The van der Waals surface area contributed by atoms with Crippen LogP contribution in [0.4, 0.5) is 9.59 Å². The van der Waals surface area contributed by atoms with E-state index in [9.17, 15) is 9.59 Å². The number of nitrogens with one attached hydrogen (secondary N) is 2. The van der Waals surface area contributed by atoms with E-state index in [1.54, 1.807) is 0 Å². The van der Waals surface area contributed by atoms with Crippen LogP contribution in [-0.2, 0) is 16.1 Å². The number of carbonyl (C=O) groups is 2. The lowest BCUT2D eigenvalue weighted by Gasteiger charge is -2.10. The lowest BCUT2D eigenvalue weighted by molar-refractivity contribution is 0.132. The molecule has 1 aliphatic rings. The van der Waals surface area contributed by atoms with E-state index in [2.05, 4.69) is 15.4 Å². The Morgan fingerprint density at radius 1 is 1.47 bits per heavy atom. The van der Waals surface area contributed by atoms with Gasteiger partial charge in [0.15, 0.2) is 0 Å². The first-order valence-electron chi connectivity index (χ1n) is 5.14. The zero-order valence-electron chi connectivity index (χ0n) is 9.01. The van der Waals surface area contributed by atoms with Crippen molar-refractivity contribution in [2.24, 2.45) is 0 Å². The van der Waals surface area contributed by atoms with Crippen LogP contribution in [0.15, 0.2) is 30.3 Å². The van der Waals surface area contributed by atoms with Crippen molar-refractivity contribution in [1.82, 2.24) is 10.6 Å². The van der Waals surface area contributed by atoms with Gasteiger partial charge in [-0.25, -0.2) is 9.59 Å². The molecule has 0 saturated carbocycles. The minimum absolute atomic E-state index is 0.110. The molecule has 1 saturated heterocycles. The second kappa shape index (κ2) is 5.20. The predicted molar refractivity (Wildman–Crippen MR) is 58.0 cm³/mol. The molecule has 0 aliphatic carbocycles. The Balaban J connectivity index is 1.73. The van der Waals surface area contributed by atoms with Gasteiger partial charge >= 0.3 is 12.2 Å². The molecule has 1 aromatic carbocycles. The standard InChI is InChI=1S/C11H12N2O4/c14-10(12-9-7-17-11(15)13-9)16-6-8-4-2-1-3-5-8/h1-5,9H,6-7H2,(H,12,14)(H,13,15)/t9-/m0/s1. The molecule has 1 aliphatic heterocycles. The van der Waals surface area contributed by atoms with Crippen molar-refractivity contribution in [3.63, 3.8) is 0 Å². The first kappa shape index (κ1) is 11.3. The van der Waals surface area contributed by atoms with E-state index >= 15 is 0 Å². The average Bonchev–Trinajstić information content (AvgIpc) is 2.73. The molecule has 0 radical (unpaired) electrons. The fourth-order valence-corrected chi connectivity index (χ4v) is 1.37. The van der Waals surface area contributed by atoms with E-state index in [4.69, 9.17) is 4.74 Å². The third kappa shape index (κ3) is 3.37. The Morgan fingerprint density at radius 3 is 2.88 bits per heavy atom. The van der Waals surface area contributed by atoms with Gasteiger partial charge in [0.05, 0.1) is 0 Å². The van der Waals surface area contributed by atoms with Gasteiger partial charge in [-0.05, 0) is 5.56 Å². The summed E-state index contributed by atoms with van der Waals surface area (Å²) in [7, 11) is 0. The van der Waals surface area contributed by atoms with Crippen LogP contribution in [0.3, 0.4) is 0 Å². The molecule has 17 heavy (non-hydrogen) atoms. The fourth-order valence-electron chi connectivity index (χ4n) is 1.37. The summed E-state index contributed by atoms with van der Waals surface area (Å²) in [5.74, 6) is 0. The summed E-state index contributed by atoms with van der Waals surface area (Å²) in [6.45, 7) is 0.299. The molecule has 1 atom stereocenters. The Labute approximate surface area is 97.9 Å². The maximum Gasteiger partial charge on any atom is 0.409 e. The summed E-state index contributed by atoms with van der Waals surface area (Å²) in [5, 5.41) is 4.87. The third-order valence-corrected chi connectivity index (χ3v) is 2.18. The van der Waals surface area contributed by atoms with Crippen molar-refractivity contribution in [2.45, 2.75) is 12.8 Å². The van der Waals surface area contributed by atoms with Crippen LogP contribution in [0.5, 0.6) is 0 Å². The number of ether oxygens (including phenoxy) is 2. The summed E-state index contributed by atoms with van der Waals surface area (Å²) in [4.78, 5) is 22.0. The SMILES string of the molecule is O=C(N[C@@H]1COC(=O)N1)OCc1ccccc1. The van der Waals surface area contributed by atoms with E-state index < -0.39 is 18.4 Å². The van der Waals surface area contributed by atoms with E-state index in [0.717, 1.165) is 5.56 Å². The van der Waals surface area contributed by atoms with Crippen LogP contribution in [0.1, 0.15) is 5.56 Å². The zero-order chi connectivity index (χ0) is 12.1. The number of benzene rings is 1. The summed E-state index contributed by atoms with van der Waals surface area (Å²) in [6, 6.07) is 9.32. The molecule has 0 bridgehead atoms. The number of amides is 2. The third-order valence-electron chi connectivity index (χ3n) is 2.18. The van der Waals surface area contributed by atoms with Crippen molar-refractivity contribution in [1.29, 1.82) is 0 Å². The van der Waals surface area contributed by atoms with Gasteiger partial charge in [0.1, 0.15) is 19.4 Å². The van der Waals surface area contributed by atoms with Crippen molar-refractivity contribution in [2.75, 3.05) is 6.61 Å². The molecule has 0 aromatic heterocycles. The molecule has 0 spiro atoms. The molecule has 2 rings (SSSR count). The molecular weight excluding hydrogens is 224 g/mol. The Kier molecular flexibility index (Phi) is 3.44. The van der Waals surface area contributed by atoms with Crippen molar-refractivity contribution in [3.05, 3.63) is 35.9 Å². The van der Waals surface area contributed by atoms with E-state index in [1.165, 1.54) is 0 Å². The van der Waals surface area contributed by atoms with E-state index in [-0.39, 0.29) is 13.2 Å². The smallest absolute Gasteiger partial charge is 0.409 e. The van der Waals surface area contributed by atoms with Crippen LogP contribution in [0.2, 0.25) is 0 Å². The predicted octanol–water partition coefficient (Wildman–Crippen LogP) is 0.979. The summed E-state index contributed by atoms with van der Waals surface area (Å²) in [5.41, 5.74) is 0.898. The summed E-state index contributed by atoms with van der Waals surface area (Å²) in [6.07, 6.45) is -1.66. The lowest BCUT2D eigenvalue weighted by Crippen LogP contribution is -2.44. The molecule has 2 N–H and O–H groups in total. The minimum atomic E-state index is -0.593. The number of carbonyl (C=O) groups excluding carboxylic acids is 2. The van der Waals surface area contributed by atoms with Crippen LogP contribution in [-0.4, -0.2) is 25.0 Å². The maximum absolute atomic E-state index is 11.3. The molecular formula is C11H12N2O4. The topological polar surface area (TPSA) is 76.7 Å². The number of alkyl carbamates (subject to hydrolysis) is 2. The molecule has 1 aromatic rings. The van der Waals surface area contributed by atoms with Gasteiger partial charge < -0.3 is 9.47 Å². The van der Waals surface area contributed by atoms with Gasteiger partial charge in [-0.3, -0.25) is 10.6 Å². The van der Waals surface area contributed by atoms with Gasteiger partial charge in [-0.15, -0.1) is 0 Å². The minimum Gasteiger partial charge on any atom is -0.445 e. The monoisotopic (exact) mass is 236 g/mol. The van der Waals surface area contributed by atoms with Crippen LogP contribution in [0.25, 0.3) is 0 Å². The largest absolute Gasteiger partial charge is 0.445 e. The first-order valence-corrected chi connectivity index (χ1v) is 5.14. The number of hydrogen-bond donors (Lipinski definition) is 2. The molecule has 6 nitrogen and oxygen atoms in total. The van der Waals surface area contributed by atoms with E-state index in [0.29, 0.717) is 0 Å². The zero-order valence-corrected chi connectivity index (χ0v) is 9.01. The average molecular weight is 236 g/mol. The highest BCUT2D eigenvalue weighted by Gasteiger charge is 2.23. The van der Waals surface area contributed by atoms with Gasteiger partial charge in [0.25, 0.3) is 0 Å². The number of hydrogen-bond acceptors (Lipinski definition) is 4. The van der Waals surface area contributed by atoms with Crippen molar-refractivity contribution < 1.29 is 19.1 Å². The van der Waals surface area contributed by atoms with Gasteiger partial charge in [0.2, 0.25) is 0 Å². The maximum atomic E-state index is 11.3. The Morgan fingerprint density at radius 2 is 2.24 bits per heavy atom. The highest BCUT2D eigenvalue weighted by molar-refractivity contribution is 5.72. The van der Waals surface area contributed by atoms with Crippen molar-refractivity contribution >= 4 is 12.2 Å². The van der Waals surface area contributed by atoms with Gasteiger partial charge in [0, 0.05) is 0 Å². The van der Waals surface area contributed by atoms with Gasteiger partial charge in [-0.1, -0.05) is 30.3 Å². The highest BCUT2D eigenvalue weighted by atomic mass is 16.6. The molecule has 90 valence electrons.